The molecule has 1 aliphatic heterocycles. The second-order valence-electron chi connectivity index (χ2n) is 6.02. The van der Waals surface area contributed by atoms with E-state index in [2.05, 4.69) is 27.1 Å². The Kier molecular flexibility index (Phi) is 4.88. The number of carbonyl (C=O) groups excluding carboxylic acids is 1. The van der Waals surface area contributed by atoms with Crippen LogP contribution in [0.4, 0.5) is 5.13 Å². The highest BCUT2D eigenvalue weighted by atomic mass is 32.1. The van der Waals surface area contributed by atoms with Crippen LogP contribution in [0.25, 0.3) is 0 Å². The van der Waals surface area contributed by atoms with Crippen LogP contribution in [0, 0.1) is 5.92 Å². The number of amides is 1. The number of carbonyl (C=O) groups is 1. The van der Waals surface area contributed by atoms with Crippen molar-refractivity contribution in [2.75, 3.05) is 18.4 Å². The molecular weight excluding hydrogens is 312 g/mol. The molecule has 0 aromatic carbocycles. The molecule has 2 N–H and O–H groups in total. The number of anilines is 1. The first-order valence-corrected chi connectivity index (χ1v) is 8.65. The Morgan fingerprint density at radius 1 is 1.52 bits per heavy atom. The number of thiazole rings is 1. The summed E-state index contributed by atoms with van der Waals surface area (Å²) in [6.07, 6.45) is 3.94. The molecule has 1 amide bonds. The molecule has 0 saturated carbocycles. The molecule has 0 radical (unpaired) electrons. The summed E-state index contributed by atoms with van der Waals surface area (Å²) in [6.45, 7) is 5.33. The number of nitrogens with one attached hydrogen (secondary N) is 2. The van der Waals surface area contributed by atoms with Crippen LogP contribution in [-0.2, 0) is 6.54 Å². The van der Waals surface area contributed by atoms with Gasteiger partial charge in [-0.05, 0) is 31.4 Å². The third-order valence-corrected chi connectivity index (χ3v) is 4.75. The van der Waals surface area contributed by atoms with Crippen LogP contribution in [0.3, 0.4) is 0 Å². The van der Waals surface area contributed by atoms with Crippen LogP contribution in [0.15, 0.2) is 28.5 Å². The highest BCUT2D eigenvalue weighted by molar-refractivity contribution is 7.13. The van der Waals surface area contributed by atoms with E-state index >= 15 is 0 Å². The molecule has 2 aromatic heterocycles. The van der Waals surface area contributed by atoms with E-state index in [1.807, 2.05) is 5.38 Å². The number of rotatable bonds is 4. The van der Waals surface area contributed by atoms with Gasteiger partial charge in [-0.2, -0.15) is 0 Å². The topological polar surface area (TPSA) is 78.1 Å². The molecule has 0 aliphatic carbocycles. The monoisotopic (exact) mass is 332 g/mol. The van der Waals surface area contributed by atoms with Crippen molar-refractivity contribution < 1.29 is 4.79 Å². The standard InChI is InChI=1S/C16H20N4O2S/c1-11-3-2-6-20(8-11)9-13-10-23-16(18-13)19-15(22)12-4-5-14(21)17-7-12/h4-5,7,10-11H,2-3,6,8-9H2,1H3,(H,17,21)(H,18,19,22)/t11-/m0/s1. The maximum Gasteiger partial charge on any atom is 0.258 e. The zero-order valence-corrected chi connectivity index (χ0v) is 13.9. The van der Waals surface area contributed by atoms with E-state index in [0.717, 1.165) is 31.2 Å². The molecule has 1 saturated heterocycles. The van der Waals surface area contributed by atoms with Crippen LogP contribution in [-0.4, -0.2) is 33.9 Å². The predicted molar refractivity (Wildman–Crippen MR) is 90.8 cm³/mol. The minimum Gasteiger partial charge on any atom is -0.328 e. The second-order valence-corrected chi connectivity index (χ2v) is 6.88. The summed E-state index contributed by atoms with van der Waals surface area (Å²) >= 11 is 1.42. The molecule has 0 unspecified atom stereocenters. The van der Waals surface area contributed by atoms with Gasteiger partial charge in [0.15, 0.2) is 5.13 Å². The Morgan fingerprint density at radius 3 is 3.13 bits per heavy atom. The summed E-state index contributed by atoms with van der Waals surface area (Å²) in [7, 11) is 0. The lowest BCUT2D eigenvalue weighted by Crippen LogP contribution is -2.33. The Labute approximate surface area is 138 Å². The fraction of sp³-hybridized carbons (Fsp3) is 0.438. The van der Waals surface area contributed by atoms with E-state index in [0.29, 0.717) is 10.7 Å². The second kappa shape index (κ2) is 7.06. The summed E-state index contributed by atoms with van der Waals surface area (Å²) in [5.41, 5.74) is 1.17. The van der Waals surface area contributed by atoms with E-state index in [9.17, 15) is 9.59 Å². The van der Waals surface area contributed by atoms with Crippen molar-refractivity contribution in [2.45, 2.75) is 26.3 Å². The van der Waals surface area contributed by atoms with E-state index < -0.39 is 0 Å². The van der Waals surface area contributed by atoms with E-state index in [4.69, 9.17) is 0 Å². The number of H-pyrrole nitrogens is 1. The Balaban J connectivity index is 1.59. The van der Waals surface area contributed by atoms with Gasteiger partial charge in [-0.1, -0.05) is 6.92 Å². The van der Waals surface area contributed by atoms with Crippen LogP contribution < -0.4 is 10.9 Å². The molecule has 1 aliphatic rings. The molecule has 2 aromatic rings. The van der Waals surface area contributed by atoms with Crippen molar-refractivity contribution in [3.8, 4) is 0 Å². The summed E-state index contributed by atoms with van der Waals surface area (Å²) in [4.78, 5) is 32.5. The normalized spacial score (nSPS) is 18.7. The number of aromatic nitrogens is 2. The lowest BCUT2D eigenvalue weighted by molar-refractivity contribution is 0.102. The van der Waals surface area contributed by atoms with Gasteiger partial charge in [-0.3, -0.25) is 19.8 Å². The van der Waals surface area contributed by atoms with Crippen LogP contribution in [0.2, 0.25) is 0 Å². The van der Waals surface area contributed by atoms with Crippen molar-refractivity contribution in [1.29, 1.82) is 0 Å². The number of likely N-dealkylation sites (tertiary alicyclic amines) is 1. The SMILES string of the molecule is C[C@H]1CCCN(Cc2csc(NC(=O)c3ccc(=O)[nH]c3)n2)C1. The summed E-state index contributed by atoms with van der Waals surface area (Å²) in [5.74, 6) is 0.468. The summed E-state index contributed by atoms with van der Waals surface area (Å²) < 4.78 is 0. The number of pyridine rings is 1. The van der Waals surface area contributed by atoms with Gasteiger partial charge in [0.05, 0.1) is 11.3 Å². The number of aromatic amines is 1. The minimum absolute atomic E-state index is 0.228. The van der Waals surface area contributed by atoms with E-state index in [-0.39, 0.29) is 11.5 Å². The third-order valence-electron chi connectivity index (χ3n) is 3.95. The lowest BCUT2D eigenvalue weighted by atomic mass is 10.0. The van der Waals surface area contributed by atoms with Gasteiger partial charge >= 0.3 is 0 Å². The summed E-state index contributed by atoms with van der Waals surface area (Å²) in [6, 6.07) is 2.83. The van der Waals surface area contributed by atoms with Crippen molar-refractivity contribution in [3.63, 3.8) is 0 Å². The predicted octanol–water partition coefficient (Wildman–Crippen LogP) is 2.32. The van der Waals surface area contributed by atoms with Crippen molar-refractivity contribution in [1.82, 2.24) is 14.9 Å². The summed E-state index contributed by atoms with van der Waals surface area (Å²) in [5, 5.41) is 5.34. The molecule has 0 bridgehead atoms. The van der Waals surface area contributed by atoms with Gasteiger partial charge in [0.25, 0.3) is 5.91 Å². The van der Waals surface area contributed by atoms with Crippen LogP contribution in [0.1, 0.15) is 35.8 Å². The molecule has 3 rings (SSSR count). The number of hydrogen-bond donors (Lipinski definition) is 2. The molecule has 3 heterocycles. The Hall–Kier alpha value is -1.99. The van der Waals surface area contributed by atoms with Crippen molar-refractivity contribution >= 4 is 22.4 Å². The molecule has 23 heavy (non-hydrogen) atoms. The largest absolute Gasteiger partial charge is 0.328 e. The number of nitrogens with zero attached hydrogens (tertiary/aromatic N) is 2. The number of hydrogen-bond acceptors (Lipinski definition) is 5. The van der Waals surface area contributed by atoms with Crippen LogP contribution >= 0.6 is 11.3 Å². The lowest BCUT2D eigenvalue weighted by Gasteiger charge is -2.30. The maximum atomic E-state index is 12.1. The molecule has 6 nitrogen and oxygen atoms in total. The quantitative estimate of drug-likeness (QED) is 0.901. The third kappa shape index (κ3) is 4.27. The number of piperidine rings is 1. The highest BCUT2D eigenvalue weighted by Crippen LogP contribution is 2.21. The molecule has 7 heteroatoms. The van der Waals surface area contributed by atoms with Gasteiger partial charge in [-0.25, -0.2) is 4.98 Å². The van der Waals surface area contributed by atoms with E-state index in [1.165, 1.54) is 42.5 Å². The molecule has 0 spiro atoms. The maximum absolute atomic E-state index is 12.1. The van der Waals surface area contributed by atoms with Gasteiger partial charge in [0.1, 0.15) is 0 Å². The first-order chi connectivity index (χ1) is 11.1. The first-order valence-electron chi connectivity index (χ1n) is 7.77. The molecule has 1 fully saturated rings. The highest BCUT2D eigenvalue weighted by Gasteiger charge is 2.17. The van der Waals surface area contributed by atoms with Crippen molar-refractivity contribution in [2.24, 2.45) is 5.92 Å². The fourth-order valence-electron chi connectivity index (χ4n) is 2.82. The molecular formula is C16H20N4O2S. The molecule has 1 atom stereocenters. The Bertz CT molecular complexity index is 719. The first kappa shape index (κ1) is 15.9. The fourth-order valence-corrected chi connectivity index (χ4v) is 3.51. The smallest absolute Gasteiger partial charge is 0.258 e. The Morgan fingerprint density at radius 2 is 2.39 bits per heavy atom. The van der Waals surface area contributed by atoms with Gasteiger partial charge in [0, 0.05) is 30.7 Å². The van der Waals surface area contributed by atoms with Crippen LogP contribution in [0.5, 0.6) is 0 Å². The average Bonchev–Trinajstić information content (AvgIpc) is 2.95. The van der Waals surface area contributed by atoms with Gasteiger partial charge in [0.2, 0.25) is 5.56 Å². The molecule has 122 valence electrons. The zero-order chi connectivity index (χ0) is 16.2. The van der Waals surface area contributed by atoms with E-state index in [1.54, 1.807) is 0 Å². The zero-order valence-electron chi connectivity index (χ0n) is 13.0. The van der Waals surface area contributed by atoms with Gasteiger partial charge < -0.3 is 4.98 Å². The van der Waals surface area contributed by atoms with Crippen molar-refractivity contribution in [3.05, 3.63) is 45.3 Å². The average molecular weight is 332 g/mol. The minimum atomic E-state index is -0.270. The van der Waals surface area contributed by atoms with Gasteiger partial charge in [-0.15, -0.1) is 11.3 Å².